The molecule has 3 N–H and O–H groups in total. The summed E-state index contributed by atoms with van der Waals surface area (Å²) in [5.41, 5.74) is 2.17. The molecule has 11 heteroatoms. The molecule has 0 saturated carbocycles. The van der Waals surface area contributed by atoms with Gasteiger partial charge >= 0.3 is 11.9 Å². The van der Waals surface area contributed by atoms with Crippen LogP contribution in [0.2, 0.25) is 5.02 Å². The van der Waals surface area contributed by atoms with E-state index in [0.29, 0.717) is 5.02 Å². The summed E-state index contributed by atoms with van der Waals surface area (Å²) in [6.45, 7) is 10.7. The SMILES string of the molecule is Cc1ccc(C[C@H]2NC(=O)/C=C/C[C@@H]([C@H](C)[C@H]3O[C@@H]3c3ccc(CO)cc3)OC(=O)[C@H](CC(C)C)OC(=O)C(C)(C)CNC2=O)cc1Cl. The van der Waals surface area contributed by atoms with E-state index < -0.39 is 47.4 Å². The van der Waals surface area contributed by atoms with Gasteiger partial charge in [-0.1, -0.05) is 74.8 Å². The van der Waals surface area contributed by atoms with Gasteiger partial charge in [0.2, 0.25) is 11.8 Å². The average Bonchev–Trinajstić information content (AvgIpc) is 3.84. The van der Waals surface area contributed by atoms with E-state index in [0.717, 1.165) is 22.3 Å². The lowest BCUT2D eigenvalue weighted by molar-refractivity contribution is -0.179. The van der Waals surface area contributed by atoms with Crippen LogP contribution in [0.4, 0.5) is 0 Å². The minimum Gasteiger partial charge on any atom is -0.459 e. The fraction of sp³-hybridized carbons (Fsp3) is 0.514. The zero-order chi connectivity index (χ0) is 35.2. The number of aliphatic hydroxyl groups is 1. The molecule has 10 nitrogen and oxygen atoms in total. The van der Waals surface area contributed by atoms with Crippen molar-refractivity contribution in [1.82, 2.24) is 10.6 Å². The number of epoxide rings is 1. The van der Waals surface area contributed by atoms with Crippen LogP contribution in [0.1, 0.15) is 75.8 Å². The summed E-state index contributed by atoms with van der Waals surface area (Å²) in [7, 11) is 0. The van der Waals surface area contributed by atoms with Crippen LogP contribution in [-0.4, -0.2) is 59.8 Å². The van der Waals surface area contributed by atoms with Gasteiger partial charge in [0.25, 0.3) is 0 Å². The minimum absolute atomic E-state index is 0.0114. The Morgan fingerprint density at radius 2 is 1.69 bits per heavy atom. The predicted molar refractivity (Wildman–Crippen MR) is 181 cm³/mol. The number of carbonyl (C=O) groups excluding carboxylic acids is 4. The van der Waals surface area contributed by atoms with E-state index in [1.165, 1.54) is 6.08 Å². The molecule has 0 aliphatic carbocycles. The van der Waals surface area contributed by atoms with Gasteiger partial charge < -0.3 is 30.0 Å². The van der Waals surface area contributed by atoms with E-state index in [1.54, 1.807) is 26.0 Å². The van der Waals surface area contributed by atoms with Crippen molar-refractivity contribution < 1.29 is 38.5 Å². The molecule has 2 aliphatic heterocycles. The number of aryl methyl sites for hydroxylation is 1. The highest BCUT2D eigenvalue weighted by atomic mass is 35.5. The third kappa shape index (κ3) is 9.90. The third-order valence-corrected chi connectivity index (χ3v) is 9.20. The fourth-order valence-corrected chi connectivity index (χ4v) is 5.76. The van der Waals surface area contributed by atoms with Crippen LogP contribution in [0.5, 0.6) is 0 Å². The van der Waals surface area contributed by atoms with Crippen molar-refractivity contribution in [3.05, 3.63) is 81.9 Å². The molecule has 6 atom stereocenters. The summed E-state index contributed by atoms with van der Waals surface area (Å²) in [5.74, 6) is -2.60. The number of aliphatic hydroxyl groups excluding tert-OH is 1. The van der Waals surface area contributed by atoms with E-state index in [9.17, 15) is 24.3 Å². The van der Waals surface area contributed by atoms with Gasteiger partial charge in [0.1, 0.15) is 18.2 Å². The largest absolute Gasteiger partial charge is 0.459 e. The van der Waals surface area contributed by atoms with Crippen LogP contribution < -0.4 is 10.6 Å². The number of ether oxygens (including phenoxy) is 3. The highest BCUT2D eigenvalue weighted by Gasteiger charge is 2.48. The molecular weight excluding hydrogens is 636 g/mol. The number of hydrogen-bond acceptors (Lipinski definition) is 8. The average molecular weight is 683 g/mol. The number of hydrogen-bond donors (Lipinski definition) is 3. The first-order chi connectivity index (χ1) is 22.7. The van der Waals surface area contributed by atoms with Gasteiger partial charge in [0.05, 0.1) is 18.1 Å². The number of benzene rings is 2. The molecule has 260 valence electrons. The zero-order valence-corrected chi connectivity index (χ0v) is 29.2. The normalized spacial score (nSPS) is 26.6. The van der Waals surface area contributed by atoms with Crippen molar-refractivity contribution in [2.45, 2.75) is 97.9 Å². The third-order valence-electron chi connectivity index (χ3n) is 8.79. The second kappa shape index (κ2) is 16.1. The predicted octanol–water partition coefficient (Wildman–Crippen LogP) is 4.92. The number of halogens is 1. The number of rotatable bonds is 8. The zero-order valence-electron chi connectivity index (χ0n) is 28.5. The molecule has 2 aromatic rings. The highest BCUT2D eigenvalue weighted by molar-refractivity contribution is 6.31. The lowest BCUT2D eigenvalue weighted by Gasteiger charge is -2.29. The van der Waals surface area contributed by atoms with Crippen LogP contribution in [0, 0.1) is 24.2 Å². The number of amides is 2. The standard InChI is InChI=1S/C37H47ClN2O8/c1-21(2)16-30-35(44)46-29(23(4)32-33(48-32)26-14-12-24(19-41)13-15-26)8-7-9-31(42)40-28(18-25-11-10-22(3)27(38)17-25)34(43)39-20-37(5,6)36(45)47-30/h7,9-15,17,21,23,28-30,32-33,41H,8,16,18-20H2,1-6H3,(H,39,43)(H,40,42)/b9-7+/t23-,28+,29-,30-,32+,33+/m0/s1. The van der Waals surface area contributed by atoms with Crippen LogP contribution in [0.3, 0.4) is 0 Å². The molecule has 0 aromatic heterocycles. The summed E-state index contributed by atoms with van der Waals surface area (Å²) in [6, 6.07) is 12.0. The molecule has 4 rings (SSSR count). The van der Waals surface area contributed by atoms with Crippen molar-refractivity contribution in [1.29, 1.82) is 0 Å². The quantitative estimate of drug-likeness (QED) is 0.263. The van der Waals surface area contributed by atoms with E-state index in [4.69, 9.17) is 25.8 Å². The lowest BCUT2D eigenvalue weighted by Crippen LogP contribution is -2.51. The van der Waals surface area contributed by atoms with Crippen LogP contribution in [0.25, 0.3) is 0 Å². The maximum absolute atomic E-state index is 13.6. The molecule has 0 unspecified atom stereocenters. The number of esters is 2. The molecule has 1 fully saturated rings. The second-order valence-corrected chi connectivity index (χ2v) is 14.3. The number of cyclic esters (lactones) is 2. The summed E-state index contributed by atoms with van der Waals surface area (Å²) in [4.78, 5) is 53.6. The molecule has 2 aromatic carbocycles. The van der Waals surface area contributed by atoms with Crippen molar-refractivity contribution >= 4 is 35.4 Å². The van der Waals surface area contributed by atoms with E-state index in [-0.39, 0.29) is 56.5 Å². The lowest BCUT2D eigenvalue weighted by atomic mass is 9.92. The molecule has 2 amide bonds. The van der Waals surface area contributed by atoms with E-state index in [2.05, 4.69) is 10.6 Å². The fourth-order valence-electron chi connectivity index (χ4n) is 5.56. The Morgan fingerprint density at radius 3 is 2.33 bits per heavy atom. The molecule has 2 aliphatic rings. The first kappa shape index (κ1) is 37.1. The van der Waals surface area contributed by atoms with Gasteiger partial charge in [-0.3, -0.25) is 14.4 Å². The van der Waals surface area contributed by atoms with Crippen molar-refractivity contribution in [3.63, 3.8) is 0 Å². The van der Waals surface area contributed by atoms with Gasteiger partial charge in [0.15, 0.2) is 6.10 Å². The van der Waals surface area contributed by atoms with E-state index >= 15 is 0 Å². The summed E-state index contributed by atoms with van der Waals surface area (Å²) in [5, 5.41) is 15.5. The Morgan fingerprint density at radius 1 is 1.00 bits per heavy atom. The molecule has 1 saturated heterocycles. The van der Waals surface area contributed by atoms with Gasteiger partial charge in [-0.25, -0.2) is 4.79 Å². The monoisotopic (exact) mass is 682 g/mol. The molecule has 0 bridgehead atoms. The van der Waals surface area contributed by atoms with Crippen molar-refractivity contribution in [2.24, 2.45) is 17.3 Å². The van der Waals surface area contributed by atoms with Crippen LogP contribution in [0.15, 0.2) is 54.6 Å². The molecule has 0 radical (unpaired) electrons. The number of nitrogens with one attached hydrogen (secondary N) is 2. The molecule has 48 heavy (non-hydrogen) atoms. The van der Waals surface area contributed by atoms with Crippen molar-refractivity contribution in [3.8, 4) is 0 Å². The Kier molecular flexibility index (Phi) is 12.5. The smallest absolute Gasteiger partial charge is 0.347 e. The van der Waals surface area contributed by atoms with Crippen LogP contribution >= 0.6 is 11.6 Å². The Hall–Kier alpha value is -3.73. The summed E-state index contributed by atoms with van der Waals surface area (Å²) < 4.78 is 17.9. The molecule has 0 spiro atoms. The first-order valence-electron chi connectivity index (χ1n) is 16.4. The van der Waals surface area contributed by atoms with Crippen molar-refractivity contribution in [2.75, 3.05) is 6.54 Å². The first-order valence-corrected chi connectivity index (χ1v) is 16.8. The highest BCUT2D eigenvalue weighted by Crippen LogP contribution is 2.45. The van der Waals surface area contributed by atoms with Gasteiger partial charge in [-0.05, 0) is 67.5 Å². The summed E-state index contributed by atoms with van der Waals surface area (Å²) >= 11 is 6.33. The molecule has 2 heterocycles. The van der Waals surface area contributed by atoms with Gasteiger partial charge in [-0.15, -0.1) is 0 Å². The topological polar surface area (TPSA) is 144 Å². The molecular formula is C37H47ClN2O8. The summed E-state index contributed by atoms with van der Waals surface area (Å²) in [6.07, 6.45) is 1.16. The maximum atomic E-state index is 13.6. The van der Waals surface area contributed by atoms with Gasteiger partial charge in [-0.2, -0.15) is 0 Å². The minimum atomic E-state index is -1.20. The second-order valence-electron chi connectivity index (χ2n) is 13.9. The Labute approximate surface area is 287 Å². The van der Waals surface area contributed by atoms with Crippen LogP contribution in [-0.2, 0) is 46.4 Å². The Bertz CT molecular complexity index is 1510. The number of carbonyl (C=O) groups is 4. The van der Waals surface area contributed by atoms with Gasteiger partial charge in [0, 0.05) is 30.3 Å². The maximum Gasteiger partial charge on any atom is 0.347 e. The van der Waals surface area contributed by atoms with E-state index in [1.807, 2.05) is 64.1 Å². The Balaban J connectivity index is 1.60.